The summed E-state index contributed by atoms with van der Waals surface area (Å²) < 4.78 is 15.9. The molecule has 0 spiro atoms. The normalized spacial score (nSPS) is 15.5. The van der Waals surface area contributed by atoms with Gasteiger partial charge in [0.05, 0.1) is 13.7 Å². The van der Waals surface area contributed by atoms with Crippen molar-refractivity contribution in [3.8, 4) is 11.5 Å². The van der Waals surface area contributed by atoms with Gasteiger partial charge in [0.15, 0.2) is 18.1 Å². The summed E-state index contributed by atoms with van der Waals surface area (Å²) in [5, 5.41) is 12.0. The van der Waals surface area contributed by atoms with Crippen LogP contribution in [0.3, 0.4) is 0 Å². The third kappa shape index (κ3) is 4.61. The van der Waals surface area contributed by atoms with E-state index >= 15 is 0 Å². The molecule has 0 aliphatic carbocycles. The molecule has 0 radical (unpaired) electrons. The molecule has 1 aliphatic rings. The molecule has 1 heterocycles. The third-order valence-corrected chi connectivity index (χ3v) is 3.36. The van der Waals surface area contributed by atoms with Gasteiger partial charge in [0.25, 0.3) is 5.91 Å². The second-order valence-corrected chi connectivity index (χ2v) is 4.89. The fourth-order valence-corrected chi connectivity index (χ4v) is 2.18. The molecule has 1 amide bonds. The Morgan fingerprint density at radius 3 is 2.81 bits per heavy atom. The van der Waals surface area contributed by atoms with E-state index in [1.807, 2.05) is 0 Å². The van der Waals surface area contributed by atoms with Crippen molar-refractivity contribution in [2.75, 3.05) is 26.9 Å². The van der Waals surface area contributed by atoms with Crippen LogP contribution in [-0.4, -0.2) is 44.0 Å². The molecule has 0 bridgehead atoms. The van der Waals surface area contributed by atoms with Crippen molar-refractivity contribution >= 4 is 5.91 Å². The van der Waals surface area contributed by atoms with Crippen molar-refractivity contribution < 1.29 is 24.1 Å². The Morgan fingerprint density at radius 1 is 1.38 bits per heavy atom. The van der Waals surface area contributed by atoms with E-state index in [0.717, 1.165) is 18.4 Å². The van der Waals surface area contributed by atoms with Gasteiger partial charge in [-0.15, -0.1) is 0 Å². The molecule has 1 fully saturated rings. The Hall–Kier alpha value is -1.79. The highest BCUT2D eigenvalue weighted by Crippen LogP contribution is 2.28. The number of aliphatic hydroxyl groups excluding tert-OH is 1. The Kier molecular flexibility index (Phi) is 5.83. The highest BCUT2D eigenvalue weighted by atomic mass is 16.5. The first-order chi connectivity index (χ1) is 10.2. The van der Waals surface area contributed by atoms with Crippen molar-refractivity contribution in [3.63, 3.8) is 0 Å². The maximum absolute atomic E-state index is 11.8. The molecule has 0 unspecified atom stereocenters. The summed E-state index contributed by atoms with van der Waals surface area (Å²) in [6.07, 6.45) is 1.67. The fraction of sp³-hybridized carbons (Fsp3) is 0.533. The van der Waals surface area contributed by atoms with E-state index in [0.29, 0.717) is 24.7 Å². The third-order valence-electron chi connectivity index (χ3n) is 3.36. The largest absolute Gasteiger partial charge is 0.493 e. The number of hydrogen-bond donors (Lipinski definition) is 2. The van der Waals surface area contributed by atoms with Gasteiger partial charge in [-0.05, 0) is 30.5 Å². The molecule has 1 aromatic carbocycles. The first-order valence-electron chi connectivity index (χ1n) is 7.00. The number of benzene rings is 1. The van der Waals surface area contributed by atoms with Gasteiger partial charge in [0.1, 0.15) is 0 Å². The molecule has 0 aromatic heterocycles. The summed E-state index contributed by atoms with van der Waals surface area (Å²) in [5.74, 6) is 0.826. The Labute approximate surface area is 124 Å². The van der Waals surface area contributed by atoms with Crippen LogP contribution >= 0.6 is 0 Å². The summed E-state index contributed by atoms with van der Waals surface area (Å²) in [7, 11) is 1.52. The van der Waals surface area contributed by atoms with Crippen molar-refractivity contribution in [3.05, 3.63) is 23.8 Å². The molecule has 6 nitrogen and oxygen atoms in total. The van der Waals surface area contributed by atoms with Gasteiger partial charge in [0.2, 0.25) is 0 Å². The van der Waals surface area contributed by atoms with E-state index in [1.54, 1.807) is 18.2 Å². The fourth-order valence-electron chi connectivity index (χ4n) is 2.18. The average molecular weight is 295 g/mol. The van der Waals surface area contributed by atoms with Crippen molar-refractivity contribution in [2.45, 2.75) is 25.5 Å². The second kappa shape index (κ2) is 7.85. The van der Waals surface area contributed by atoms with Gasteiger partial charge in [-0.25, -0.2) is 0 Å². The molecule has 2 N–H and O–H groups in total. The quantitative estimate of drug-likeness (QED) is 0.814. The topological polar surface area (TPSA) is 77.0 Å². The summed E-state index contributed by atoms with van der Waals surface area (Å²) in [6.45, 7) is 1.23. The van der Waals surface area contributed by atoms with Crippen molar-refractivity contribution in [2.24, 2.45) is 0 Å². The predicted octanol–water partition coefficient (Wildman–Crippen LogP) is 0.861. The molecule has 1 aromatic rings. The van der Waals surface area contributed by atoms with Crippen LogP contribution in [0.5, 0.6) is 11.5 Å². The molecular weight excluding hydrogens is 274 g/mol. The lowest BCUT2D eigenvalue weighted by molar-refractivity contribution is -0.124. The van der Waals surface area contributed by atoms with Crippen LogP contribution in [0.4, 0.5) is 0 Å². The lowest BCUT2D eigenvalue weighted by Gasteiger charge is -2.23. The molecule has 0 saturated carbocycles. The van der Waals surface area contributed by atoms with Crippen LogP contribution in [0.15, 0.2) is 18.2 Å². The Morgan fingerprint density at radius 2 is 2.14 bits per heavy atom. The van der Waals surface area contributed by atoms with Crippen molar-refractivity contribution in [1.29, 1.82) is 0 Å². The van der Waals surface area contributed by atoms with Gasteiger partial charge in [-0.1, -0.05) is 6.07 Å². The van der Waals surface area contributed by atoms with Crippen LogP contribution in [0.2, 0.25) is 0 Å². The molecule has 2 rings (SSSR count). The van der Waals surface area contributed by atoms with Crippen molar-refractivity contribution in [1.82, 2.24) is 5.32 Å². The molecule has 1 saturated heterocycles. The number of methoxy groups -OCH3 is 1. The van der Waals surface area contributed by atoms with Crippen LogP contribution in [0.1, 0.15) is 18.4 Å². The summed E-state index contributed by atoms with van der Waals surface area (Å²) in [4.78, 5) is 11.8. The van der Waals surface area contributed by atoms with Crippen LogP contribution in [0, 0.1) is 0 Å². The van der Waals surface area contributed by atoms with E-state index in [4.69, 9.17) is 19.3 Å². The van der Waals surface area contributed by atoms with E-state index < -0.39 is 0 Å². The zero-order valence-corrected chi connectivity index (χ0v) is 12.1. The average Bonchev–Trinajstić information content (AvgIpc) is 2.53. The predicted molar refractivity (Wildman–Crippen MR) is 76.4 cm³/mol. The SMILES string of the molecule is COc1cc(CO)ccc1OCC(=O)NC1CCOCC1. The Bertz CT molecular complexity index is 471. The zero-order valence-electron chi connectivity index (χ0n) is 12.1. The minimum absolute atomic E-state index is 0.0633. The number of amides is 1. The molecular formula is C15H21NO5. The van der Waals surface area contributed by atoms with Gasteiger partial charge >= 0.3 is 0 Å². The van der Waals surface area contributed by atoms with Crippen LogP contribution in [0.25, 0.3) is 0 Å². The minimum Gasteiger partial charge on any atom is -0.493 e. The molecule has 1 aliphatic heterocycles. The summed E-state index contributed by atoms with van der Waals surface area (Å²) in [6, 6.07) is 5.26. The summed E-state index contributed by atoms with van der Waals surface area (Å²) >= 11 is 0. The second-order valence-electron chi connectivity index (χ2n) is 4.89. The number of rotatable bonds is 6. The number of ether oxygens (including phenoxy) is 3. The van der Waals surface area contributed by atoms with E-state index in [9.17, 15) is 4.79 Å². The molecule has 116 valence electrons. The number of carbonyl (C=O) groups excluding carboxylic acids is 1. The first-order valence-corrected chi connectivity index (χ1v) is 7.00. The monoisotopic (exact) mass is 295 g/mol. The zero-order chi connectivity index (χ0) is 15.1. The van der Waals surface area contributed by atoms with E-state index in [1.165, 1.54) is 7.11 Å². The molecule has 21 heavy (non-hydrogen) atoms. The van der Waals surface area contributed by atoms with E-state index in [-0.39, 0.29) is 25.2 Å². The minimum atomic E-state index is -0.157. The molecule has 0 atom stereocenters. The Balaban J connectivity index is 1.85. The smallest absolute Gasteiger partial charge is 0.258 e. The highest BCUT2D eigenvalue weighted by molar-refractivity contribution is 5.78. The highest BCUT2D eigenvalue weighted by Gasteiger charge is 2.16. The standard InChI is InChI=1S/C15H21NO5/c1-19-14-8-11(9-17)2-3-13(14)21-10-15(18)16-12-4-6-20-7-5-12/h2-3,8,12,17H,4-7,9-10H2,1H3,(H,16,18). The van der Waals surface area contributed by atoms with Crippen LogP contribution < -0.4 is 14.8 Å². The van der Waals surface area contributed by atoms with Gasteiger partial charge < -0.3 is 24.6 Å². The molecule has 6 heteroatoms. The van der Waals surface area contributed by atoms with Gasteiger partial charge in [0, 0.05) is 19.3 Å². The maximum Gasteiger partial charge on any atom is 0.258 e. The number of hydrogen-bond acceptors (Lipinski definition) is 5. The summed E-state index contributed by atoms with van der Waals surface area (Å²) in [5.41, 5.74) is 0.728. The van der Waals surface area contributed by atoms with Crippen LogP contribution in [-0.2, 0) is 16.1 Å². The number of nitrogens with one attached hydrogen (secondary N) is 1. The van der Waals surface area contributed by atoms with Gasteiger partial charge in [-0.3, -0.25) is 4.79 Å². The van der Waals surface area contributed by atoms with Gasteiger partial charge in [-0.2, -0.15) is 0 Å². The lowest BCUT2D eigenvalue weighted by atomic mass is 10.1. The number of carbonyl (C=O) groups is 1. The lowest BCUT2D eigenvalue weighted by Crippen LogP contribution is -2.41. The number of aliphatic hydroxyl groups is 1. The first kappa shape index (κ1) is 15.6. The van der Waals surface area contributed by atoms with E-state index in [2.05, 4.69) is 5.32 Å². The maximum atomic E-state index is 11.8.